The van der Waals surface area contributed by atoms with E-state index in [2.05, 4.69) is 5.32 Å². The van der Waals surface area contributed by atoms with E-state index < -0.39 is 0 Å². The van der Waals surface area contributed by atoms with Gasteiger partial charge in [-0.2, -0.15) is 0 Å². The van der Waals surface area contributed by atoms with Crippen molar-refractivity contribution in [2.24, 2.45) is 11.3 Å². The van der Waals surface area contributed by atoms with Gasteiger partial charge in [-0.1, -0.05) is 18.6 Å². The summed E-state index contributed by atoms with van der Waals surface area (Å²) >= 11 is 0. The van der Waals surface area contributed by atoms with Gasteiger partial charge >= 0.3 is 0 Å². The van der Waals surface area contributed by atoms with Crippen LogP contribution in [0.15, 0.2) is 24.3 Å². The molecule has 1 heterocycles. The van der Waals surface area contributed by atoms with Gasteiger partial charge in [0.25, 0.3) is 5.91 Å². The van der Waals surface area contributed by atoms with Crippen molar-refractivity contribution >= 4 is 11.8 Å². The number of nitrogens with zero attached hydrogens (tertiary/aromatic N) is 1. The zero-order valence-corrected chi connectivity index (χ0v) is 13.5. The van der Waals surface area contributed by atoms with E-state index in [9.17, 15) is 9.59 Å². The molecule has 1 aromatic rings. The molecule has 122 valence electrons. The first-order chi connectivity index (χ1) is 11.2. The molecule has 1 aliphatic heterocycles. The number of carbonyl (C=O) groups is 2. The number of hydrogen-bond donors (Lipinski definition) is 1. The molecular formula is C19H24N2O2. The average molecular weight is 312 g/mol. The smallest absolute Gasteiger partial charge is 0.253 e. The minimum Gasteiger partial charge on any atom is -0.352 e. The fraction of sp³-hybridized carbons (Fsp3) is 0.579. The molecule has 1 aromatic carbocycles. The van der Waals surface area contributed by atoms with Crippen LogP contribution in [0.2, 0.25) is 0 Å². The number of carbonyl (C=O) groups excluding carboxylic acids is 2. The summed E-state index contributed by atoms with van der Waals surface area (Å²) in [6, 6.07) is 7.70. The highest BCUT2D eigenvalue weighted by Gasteiger charge is 2.61. The van der Waals surface area contributed by atoms with Crippen LogP contribution in [0.25, 0.3) is 0 Å². The summed E-state index contributed by atoms with van der Waals surface area (Å²) in [6.45, 7) is 2.25. The predicted octanol–water partition coefficient (Wildman–Crippen LogP) is 2.73. The van der Waals surface area contributed by atoms with Crippen LogP contribution in [0.1, 0.15) is 54.4 Å². The Bertz CT molecular complexity index is 636. The molecule has 4 heteroatoms. The molecule has 0 aromatic heterocycles. The minimum atomic E-state index is -0.0387. The SMILES string of the molecule is O=C(c1cccc(CNC(=O)[C@@]23CCC[C@@H]2C3)c1)N1CCCC1. The van der Waals surface area contributed by atoms with Crippen molar-refractivity contribution < 1.29 is 9.59 Å². The molecule has 3 fully saturated rings. The van der Waals surface area contributed by atoms with Gasteiger partial charge in [-0.05, 0) is 55.7 Å². The lowest BCUT2D eigenvalue weighted by Crippen LogP contribution is -2.31. The van der Waals surface area contributed by atoms with Gasteiger partial charge in [0.1, 0.15) is 0 Å². The molecular weight excluding hydrogens is 288 g/mol. The molecule has 23 heavy (non-hydrogen) atoms. The van der Waals surface area contributed by atoms with Crippen LogP contribution in [0, 0.1) is 11.3 Å². The number of rotatable bonds is 4. The number of fused-ring (bicyclic) bond motifs is 1. The maximum absolute atomic E-state index is 12.4. The largest absolute Gasteiger partial charge is 0.352 e. The van der Waals surface area contributed by atoms with E-state index in [4.69, 9.17) is 0 Å². The molecule has 4 nitrogen and oxygen atoms in total. The standard InChI is InChI=1S/C19H24N2O2/c22-17(21-9-1-2-10-21)15-6-3-5-14(11-15)13-20-18(23)19-8-4-7-16(19)12-19/h3,5-6,11,16H,1-2,4,7-10,12-13H2,(H,20,23)/t16-,19-/m1/s1. The van der Waals surface area contributed by atoms with Gasteiger partial charge in [0.05, 0.1) is 5.41 Å². The number of hydrogen-bond acceptors (Lipinski definition) is 2. The zero-order valence-electron chi connectivity index (χ0n) is 13.5. The first kappa shape index (κ1) is 14.7. The van der Waals surface area contributed by atoms with E-state index in [-0.39, 0.29) is 17.2 Å². The van der Waals surface area contributed by atoms with Crippen LogP contribution >= 0.6 is 0 Å². The maximum Gasteiger partial charge on any atom is 0.253 e. The Morgan fingerprint density at radius 3 is 2.74 bits per heavy atom. The third kappa shape index (κ3) is 2.64. The molecule has 0 bridgehead atoms. The summed E-state index contributed by atoms with van der Waals surface area (Å²) in [5.41, 5.74) is 1.71. The topological polar surface area (TPSA) is 49.4 Å². The van der Waals surface area contributed by atoms with Crippen LogP contribution in [0.5, 0.6) is 0 Å². The van der Waals surface area contributed by atoms with Crippen molar-refractivity contribution in [2.45, 2.75) is 45.1 Å². The number of benzene rings is 1. The fourth-order valence-corrected chi connectivity index (χ4v) is 4.40. The van der Waals surface area contributed by atoms with Gasteiger partial charge in [-0.15, -0.1) is 0 Å². The first-order valence-corrected chi connectivity index (χ1v) is 8.86. The van der Waals surface area contributed by atoms with E-state index >= 15 is 0 Å². The Balaban J connectivity index is 1.38. The Labute approximate surface area is 137 Å². The fourth-order valence-electron chi connectivity index (χ4n) is 4.40. The average Bonchev–Trinajstić information content (AvgIpc) is 2.98. The Morgan fingerprint density at radius 2 is 2.04 bits per heavy atom. The maximum atomic E-state index is 12.4. The van der Waals surface area contributed by atoms with E-state index in [0.29, 0.717) is 12.5 Å². The van der Waals surface area contributed by atoms with Gasteiger partial charge in [0.15, 0.2) is 0 Å². The van der Waals surface area contributed by atoms with E-state index in [1.54, 1.807) is 0 Å². The normalized spacial score (nSPS) is 28.5. The van der Waals surface area contributed by atoms with Gasteiger partial charge in [0, 0.05) is 25.2 Å². The van der Waals surface area contributed by atoms with Crippen LogP contribution < -0.4 is 5.32 Å². The van der Waals surface area contributed by atoms with Crippen LogP contribution in [0.4, 0.5) is 0 Å². The van der Waals surface area contributed by atoms with E-state index in [0.717, 1.165) is 49.9 Å². The Morgan fingerprint density at radius 1 is 1.22 bits per heavy atom. The number of amides is 2. The number of nitrogens with one attached hydrogen (secondary N) is 1. The Kier molecular flexibility index (Phi) is 3.63. The summed E-state index contributed by atoms with van der Waals surface area (Å²) in [7, 11) is 0. The van der Waals surface area contributed by atoms with E-state index in [1.165, 1.54) is 12.8 Å². The molecule has 2 atom stereocenters. The molecule has 2 amide bonds. The van der Waals surface area contributed by atoms with Crippen molar-refractivity contribution in [1.29, 1.82) is 0 Å². The van der Waals surface area contributed by atoms with E-state index in [1.807, 2.05) is 29.2 Å². The summed E-state index contributed by atoms with van der Waals surface area (Å²) < 4.78 is 0. The third-order valence-electron chi connectivity index (χ3n) is 5.88. The van der Waals surface area contributed by atoms with Crippen molar-refractivity contribution in [3.63, 3.8) is 0 Å². The quantitative estimate of drug-likeness (QED) is 0.929. The lowest BCUT2D eigenvalue weighted by molar-refractivity contribution is -0.126. The summed E-state index contributed by atoms with van der Waals surface area (Å²) in [4.78, 5) is 26.8. The highest BCUT2D eigenvalue weighted by molar-refractivity contribution is 5.94. The van der Waals surface area contributed by atoms with Crippen molar-refractivity contribution in [3.8, 4) is 0 Å². The molecule has 4 rings (SSSR count). The summed E-state index contributed by atoms with van der Waals surface area (Å²) in [6.07, 6.45) is 6.74. The number of likely N-dealkylation sites (tertiary alicyclic amines) is 1. The summed E-state index contributed by atoms with van der Waals surface area (Å²) in [5, 5.41) is 3.09. The van der Waals surface area contributed by atoms with Crippen LogP contribution in [-0.4, -0.2) is 29.8 Å². The summed E-state index contributed by atoms with van der Waals surface area (Å²) in [5.74, 6) is 0.967. The second-order valence-corrected chi connectivity index (χ2v) is 7.33. The first-order valence-electron chi connectivity index (χ1n) is 8.86. The van der Waals surface area contributed by atoms with Crippen molar-refractivity contribution in [3.05, 3.63) is 35.4 Å². The lowest BCUT2D eigenvalue weighted by Gasteiger charge is -2.16. The third-order valence-corrected chi connectivity index (χ3v) is 5.88. The monoisotopic (exact) mass is 312 g/mol. The zero-order chi connectivity index (χ0) is 15.9. The van der Waals surface area contributed by atoms with Gasteiger partial charge in [0.2, 0.25) is 5.91 Å². The second-order valence-electron chi connectivity index (χ2n) is 7.33. The van der Waals surface area contributed by atoms with Crippen LogP contribution in [-0.2, 0) is 11.3 Å². The molecule has 2 aliphatic carbocycles. The van der Waals surface area contributed by atoms with Crippen LogP contribution in [0.3, 0.4) is 0 Å². The Hall–Kier alpha value is -1.84. The molecule has 1 saturated heterocycles. The second kappa shape index (κ2) is 5.66. The highest BCUT2D eigenvalue weighted by atomic mass is 16.2. The predicted molar refractivity (Wildman–Crippen MR) is 87.8 cm³/mol. The van der Waals surface area contributed by atoms with Gasteiger partial charge in [-0.3, -0.25) is 9.59 Å². The lowest BCUT2D eigenvalue weighted by atomic mass is 10.0. The van der Waals surface area contributed by atoms with Gasteiger partial charge in [-0.25, -0.2) is 0 Å². The molecule has 0 radical (unpaired) electrons. The minimum absolute atomic E-state index is 0.0387. The van der Waals surface area contributed by atoms with Gasteiger partial charge < -0.3 is 10.2 Å². The van der Waals surface area contributed by atoms with Crippen molar-refractivity contribution in [1.82, 2.24) is 10.2 Å². The molecule has 2 saturated carbocycles. The highest BCUT2D eigenvalue weighted by Crippen LogP contribution is 2.63. The molecule has 3 aliphatic rings. The molecule has 1 N–H and O–H groups in total. The molecule has 0 unspecified atom stereocenters. The van der Waals surface area contributed by atoms with Crippen molar-refractivity contribution in [2.75, 3.05) is 13.1 Å². The molecule has 0 spiro atoms.